The lowest BCUT2D eigenvalue weighted by Gasteiger charge is -2.01. The minimum absolute atomic E-state index is 0.683. The van der Waals surface area contributed by atoms with Crippen LogP contribution in [-0.4, -0.2) is 21.3 Å². The van der Waals surface area contributed by atoms with Crippen molar-refractivity contribution < 1.29 is 0 Å². The molecule has 0 saturated heterocycles. The third-order valence-electron chi connectivity index (χ3n) is 2.66. The van der Waals surface area contributed by atoms with Crippen LogP contribution in [0.1, 0.15) is 29.7 Å². The molecule has 2 aromatic rings. The summed E-state index contributed by atoms with van der Waals surface area (Å²) in [5.41, 5.74) is 2.02. The van der Waals surface area contributed by atoms with E-state index < -0.39 is 0 Å². The van der Waals surface area contributed by atoms with E-state index in [0.29, 0.717) is 11.6 Å². The zero-order chi connectivity index (χ0) is 13.0. The molecule has 0 atom stereocenters. The predicted molar refractivity (Wildman–Crippen MR) is 75.2 cm³/mol. The van der Waals surface area contributed by atoms with Crippen LogP contribution in [0.15, 0.2) is 11.6 Å². The molecule has 0 aliphatic rings. The van der Waals surface area contributed by atoms with Gasteiger partial charge in [0.2, 0.25) is 0 Å². The van der Waals surface area contributed by atoms with Gasteiger partial charge in [0.05, 0.1) is 29.2 Å². The summed E-state index contributed by atoms with van der Waals surface area (Å²) in [6.45, 7) is 6.68. The third kappa shape index (κ3) is 3.31. The first-order valence-electron chi connectivity index (χ1n) is 6.02. The molecule has 1 N–H and O–H groups in total. The lowest BCUT2D eigenvalue weighted by Crippen LogP contribution is -2.13. The summed E-state index contributed by atoms with van der Waals surface area (Å²) in [5, 5.41) is 11.5. The molecule has 0 aromatic carbocycles. The van der Waals surface area contributed by atoms with Gasteiger partial charge in [-0.3, -0.25) is 4.68 Å². The predicted octanol–water partition coefficient (Wildman–Crippen LogP) is 2.85. The minimum atomic E-state index is 0.683. The minimum Gasteiger partial charge on any atom is -0.310 e. The molecule has 6 heteroatoms. The number of hydrogen-bond donors (Lipinski definition) is 1. The van der Waals surface area contributed by atoms with Gasteiger partial charge >= 0.3 is 0 Å². The van der Waals surface area contributed by atoms with Crippen LogP contribution < -0.4 is 5.32 Å². The van der Waals surface area contributed by atoms with Crippen molar-refractivity contribution in [3.8, 4) is 0 Å². The molecular weight excluding hydrogens is 268 g/mol. The Labute approximate surface area is 116 Å². The van der Waals surface area contributed by atoms with Crippen LogP contribution in [0.25, 0.3) is 0 Å². The Balaban J connectivity index is 1.96. The smallest absolute Gasteiger partial charge is 0.107 e. The van der Waals surface area contributed by atoms with Gasteiger partial charge in [0.1, 0.15) is 5.01 Å². The van der Waals surface area contributed by atoms with E-state index in [9.17, 15) is 0 Å². The molecule has 0 aliphatic carbocycles. The van der Waals surface area contributed by atoms with Gasteiger partial charge in [-0.2, -0.15) is 5.10 Å². The normalized spacial score (nSPS) is 11.1. The van der Waals surface area contributed by atoms with Crippen molar-refractivity contribution in [3.05, 3.63) is 33.0 Å². The van der Waals surface area contributed by atoms with Gasteiger partial charge in [-0.1, -0.05) is 18.5 Å². The van der Waals surface area contributed by atoms with Gasteiger partial charge in [-0.05, 0) is 19.9 Å². The fourth-order valence-corrected chi connectivity index (χ4v) is 2.51. The first-order chi connectivity index (χ1) is 8.70. The van der Waals surface area contributed by atoms with E-state index in [4.69, 9.17) is 11.6 Å². The summed E-state index contributed by atoms with van der Waals surface area (Å²) in [5.74, 6) is 0. The van der Waals surface area contributed by atoms with Crippen LogP contribution in [0.2, 0.25) is 5.02 Å². The molecule has 18 heavy (non-hydrogen) atoms. The molecule has 0 spiro atoms. The average Bonchev–Trinajstić information content (AvgIpc) is 2.92. The molecule has 2 rings (SSSR count). The van der Waals surface area contributed by atoms with Crippen LogP contribution in [-0.2, 0) is 13.1 Å². The highest BCUT2D eigenvalue weighted by Gasteiger charge is 2.07. The highest BCUT2D eigenvalue weighted by molar-refractivity contribution is 7.09. The Morgan fingerprint density at radius 3 is 3.00 bits per heavy atom. The average molecular weight is 285 g/mol. The Morgan fingerprint density at radius 1 is 1.50 bits per heavy atom. The van der Waals surface area contributed by atoms with E-state index >= 15 is 0 Å². The van der Waals surface area contributed by atoms with E-state index in [0.717, 1.165) is 35.9 Å². The fraction of sp³-hybridized carbons (Fsp3) is 0.500. The molecule has 0 fully saturated rings. The first-order valence-corrected chi connectivity index (χ1v) is 7.28. The number of nitrogens with zero attached hydrogens (tertiary/aromatic N) is 3. The lowest BCUT2D eigenvalue weighted by atomic mass is 10.4. The SMILES string of the molecule is CCCNCc1nc(Cn2ncc(Cl)c2C)cs1. The van der Waals surface area contributed by atoms with Crippen molar-refractivity contribution in [2.75, 3.05) is 6.54 Å². The second kappa shape index (κ2) is 6.31. The molecule has 2 aromatic heterocycles. The summed E-state index contributed by atoms with van der Waals surface area (Å²) in [6, 6.07) is 0. The van der Waals surface area contributed by atoms with E-state index in [2.05, 4.69) is 27.7 Å². The lowest BCUT2D eigenvalue weighted by molar-refractivity contribution is 0.644. The Morgan fingerprint density at radius 2 is 2.33 bits per heavy atom. The van der Waals surface area contributed by atoms with E-state index in [1.807, 2.05) is 11.6 Å². The van der Waals surface area contributed by atoms with Crippen molar-refractivity contribution in [2.45, 2.75) is 33.4 Å². The maximum absolute atomic E-state index is 5.97. The highest BCUT2D eigenvalue weighted by Crippen LogP contribution is 2.16. The zero-order valence-electron chi connectivity index (χ0n) is 10.6. The summed E-state index contributed by atoms with van der Waals surface area (Å²) in [4.78, 5) is 4.58. The second-order valence-electron chi connectivity index (χ2n) is 4.14. The van der Waals surface area contributed by atoms with Gasteiger partial charge in [-0.15, -0.1) is 11.3 Å². The number of hydrogen-bond acceptors (Lipinski definition) is 4. The number of thiazole rings is 1. The van der Waals surface area contributed by atoms with E-state index in [-0.39, 0.29) is 0 Å². The van der Waals surface area contributed by atoms with Crippen molar-refractivity contribution in [3.63, 3.8) is 0 Å². The molecule has 98 valence electrons. The zero-order valence-corrected chi connectivity index (χ0v) is 12.2. The van der Waals surface area contributed by atoms with Crippen LogP contribution in [0, 0.1) is 6.92 Å². The van der Waals surface area contributed by atoms with Crippen LogP contribution >= 0.6 is 22.9 Å². The number of rotatable bonds is 6. The van der Waals surface area contributed by atoms with Crippen molar-refractivity contribution >= 4 is 22.9 Å². The van der Waals surface area contributed by atoms with Gasteiger partial charge in [0.25, 0.3) is 0 Å². The largest absolute Gasteiger partial charge is 0.310 e. The Hall–Kier alpha value is -0.910. The molecule has 4 nitrogen and oxygen atoms in total. The Kier molecular flexibility index (Phi) is 4.74. The first kappa shape index (κ1) is 13.5. The highest BCUT2D eigenvalue weighted by atomic mass is 35.5. The molecule has 0 bridgehead atoms. The number of halogens is 1. The van der Waals surface area contributed by atoms with Gasteiger partial charge in [0, 0.05) is 11.9 Å². The van der Waals surface area contributed by atoms with Crippen LogP contribution in [0.4, 0.5) is 0 Å². The fourth-order valence-electron chi connectivity index (χ4n) is 1.61. The standard InChI is InChI=1S/C12H17ClN4S/c1-3-4-14-6-12-16-10(8-18-12)7-17-9(2)11(13)5-15-17/h5,8,14H,3-4,6-7H2,1-2H3. The third-order valence-corrected chi connectivity index (χ3v) is 3.93. The van der Waals surface area contributed by atoms with Crippen LogP contribution in [0.5, 0.6) is 0 Å². The molecule has 0 aliphatic heterocycles. The van der Waals surface area contributed by atoms with Crippen molar-refractivity contribution in [1.29, 1.82) is 0 Å². The Bertz CT molecular complexity index is 506. The van der Waals surface area contributed by atoms with Crippen molar-refractivity contribution in [2.24, 2.45) is 0 Å². The topological polar surface area (TPSA) is 42.7 Å². The summed E-state index contributed by atoms with van der Waals surface area (Å²) in [7, 11) is 0. The van der Waals surface area contributed by atoms with E-state index in [1.54, 1.807) is 17.5 Å². The molecule has 2 heterocycles. The summed E-state index contributed by atoms with van der Waals surface area (Å²) in [6.07, 6.45) is 2.82. The maximum Gasteiger partial charge on any atom is 0.107 e. The number of nitrogens with one attached hydrogen (secondary N) is 1. The number of aromatic nitrogens is 3. The van der Waals surface area contributed by atoms with Crippen LogP contribution in [0.3, 0.4) is 0 Å². The molecular formula is C12H17ClN4S. The summed E-state index contributed by atoms with van der Waals surface area (Å²) < 4.78 is 1.88. The maximum atomic E-state index is 5.97. The molecule has 0 unspecified atom stereocenters. The molecule has 0 radical (unpaired) electrons. The second-order valence-corrected chi connectivity index (χ2v) is 5.49. The monoisotopic (exact) mass is 284 g/mol. The van der Waals surface area contributed by atoms with Gasteiger partial charge in [0.15, 0.2) is 0 Å². The van der Waals surface area contributed by atoms with Gasteiger partial charge < -0.3 is 5.32 Å². The summed E-state index contributed by atoms with van der Waals surface area (Å²) >= 11 is 7.66. The van der Waals surface area contributed by atoms with Gasteiger partial charge in [-0.25, -0.2) is 4.98 Å². The van der Waals surface area contributed by atoms with Crippen molar-refractivity contribution in [1.82, 2.24) is 20.1 Å². The molecule has 0 amide bonds. The molecule has 0 saturated carbocycles. The van der Waals surface area contributed by atoms with E-state index in [1.165, 1.54) is 0 Å². The quantitative estimate of drug-likeness (QED) is 0.830.